The highest BCUT2D eigenvalue weighted by Crippen LogP contribution is 1.86. The van der Waals surface area contributed by atoms with E-state index in [1.54, 1.807) is 18.3 Å². The third-order valence-corrected chi connectivity index (χ3v) is 0.593. The molecule has 0 radical (unpaired) electrons. The van der Waals surface area contributed by atoms with Gasteiger partial charge in [-0.25, -0.2) is 0 Å². The standard InChI is InChI=1S/C4H5N3.4ClH/c5-4-2-1-3-6-7-4;;;;/h1-3H,(H2,5,7);4*1H. The molecule has 0 amide bonds. The van der Waals surface area contributed by atoms with Crippen LogP contribution in [0.1, 0.15) is 0 Å². The number of hydrogen-bond acceptors (Lipinski definition) is 3. The maximum absolute atomic E-state index is 5.18. The second-order valence-electron chi connectivity index (χ2n) is 1.15. The Morgan fingerprint density at radius 2 is 1.64 bits per heavy atom. The fraction of sp³-hybridized carbons (Fsp3) is 0. The van der Waals surface area contributed by atoms with Crippen molar-refractivity contribution in [3.8, 4) is 0 Å². The lowest BCUT2D eigenvalue weighted by Gasteiger charge is -1.81. The van der Waals surface area contributed by atoms with Gasteiger partial charge in [0.15, 0.2) is 0 Å². The zero-order valence-electron chi connectivity index (χ0n) is 5.34. The van der Waals surface area contributed by atoms with Crippen molar-refractivity contribution in [1.29, 1.82) is 0 Å². The number of rotatable bonds is 0. The second-order valence-corrected chi connectivity index (χ2v) is 1.15. The molecule has 11 heavy (non-hydrogen) atoms. The van der Waals surface area contributed by atoms with E-state index < -0.39 is 0 Å². The fourth-order valence-electron chi connectivity index (χ4n) is 0.313. The van der Waals surface area contributed by atoms with E-state index in [-0.39, 0.29) is 49.6 Å². The highest BCUT2D eigenvalue weighted by Gasteiger charge is 1.75. The summed E-state index contributed by atoms with van der Waals surface area (Å²) in [7, 11) is 0. The van der Waals surface area contributed by atoms with Crippen molar-refractivity contribution in [1.82, 2.24) is 10.2 Å². The molecule has 0 bridgehead atoms. The van der Waals surface area contributed by atoms with Crippen molar-refractivity contribution in [2.24, 2.45) is 0 Å². The van der Waals surface area contributed by atoms with Crippen molar-refractivity contribution in [3.63, 3.8) is 0 Å². The summed E-state index contributed by atoms with van der Waals surface area (Å²) in [6, 6.07) is 3.43. The van der Waals surface area contributed by atoms with Crippen LogP contribution in [0.3, 0.4) is 0 Å². The summed E-state index contributed by atoms with van der Waals surface area (Å²) in [5, 5.41) is 7.02. The minimum atomic E-state index is 0. The van der Waals surface area contributed by atoms with Crippen LogP contribution in [-0.4, -0.2) is 10.2 Å². The van der Waals surface area contributed by atoms with Crippen molar-refractivity contribution in [2.45, 2.75) is 0 Å². The van der Waals surface area contributed by atoms with Gasteiger partial charge in [-0.2, -0.15) is 5.10 Å². The van der Waals surface area contributed by atoms with Gasteiger partial charge in [0.05, 0.1) is 0 Å². The lowest BCUT2D eigenvalue weighted by atomic mass is 10.6. The molecule has 0 aliphatic rings. The van der Waals surface area contributed by atoms with E-state index in [1.165, 1.54) is 0 Å². The van der Waals surface area contributed by atoms with Gasteiger partial charge in [-0.05, 0) is 12.1 Å². The van der Waals surface area contributed by atoms with E-state index in [0.29, 0.717) is 5.82 Å². The number of nitrogens with two attached hydrogens (primary N) is 1. The third kappa shape index (κ3) is 10.0. The molecule has 3 nitrogen and oxygen atoms in total. The Morgan fingerprint density at radius 1 is 1.09 bits per heavy atom. The van der Waals surface area contributed by atoms with Crippen LogP contribution in [0, 0.1) is 0 Å². The molecular formula is C4H9Cl4N3. The summed E-state index contributed by atoms with van der Waals surface area (Å²) in [4.78, 5) is 0. The first-order chi connectivity index (χ1) is 3.39. The van der Waals surface area contributed by atoms with Gasteiger partial charge in [-0.3, -0.25) is 0 Å². The molecule has 1 aromatic heterocycles. The molecule has 0 saturated carbocycles. The Morgan fingerprint density at radius 3 is 1.82 bits per heavy atom. The van der Waals surface area contributed by atoms with Crippen LogP contribution in [-0.2, 0) is 0 Å². The highest BCUT2D eigenvalue weighted by molar-refractivity contribution is 5.86. The SMILES string of the molecule is Cl.Cl.Cl.Cl.Nc1cccnn1. The maximum Gasteiger partial charge on any atom is 0.146 e. The minimum Gasteiger partial charge on any atom is -0.382 e. The lowest BCUT2D eigenvalue weighted by molar-refractivity contribution is 1.04. The highest BCUT2D eigenvalue weighted by atomic mass is 35.5. The van der Waals surface area contributed by atoms with E-state index in [1.807, 2.05) is 0 Å². The largest absolute Gasteiger partial charge is 0.382 e. The fourth-order valence-corrected chi connectivity index (χ4v) is 0.313. The number of aromatic nitrogens is 2. The second kappa shape index (κ2) is 12.7. The van der Waals surface area contributed by atoms with E-state index >= 15 is 0 Å². The minimum absolute atomic E-state index is 0. The van der Waals surface area contributed by atoms with Crippen LogP contribution in [0.25, 0.3) is 0 Å². The number of halogens is 4. The molecule has 0 spiro atoms. The van der Waals surface area contributed by atoms with E-state index in [4.69, 9.17) is 5.73 Å². The van der Waals surface area contributed by atoms with Crippen LogP contribution < -0.4 is 5.73 Å². The number of hydrogen-bond donors (Lipinski definition) is 1. The lowest BCUT2D eigenvalue weighted by Crippen LogP contribution is -1.88. The molecular weight excluding hydrogens is 232 g/mol. The molecule has 0 fully saturated rings. The Labute approximate surface area is 89.8 Å². The average molecular weight is 241 g/mol. The van der Waals surface area contributed by atoms with Gasteiger partial charge in [0, 0.05) is 6.20 Å². The third-order valence-electron chi connectivity index (χ3n) is 0.593. The van der Waals surface area contributed by atoms with Crippen LogP contribution in [0.4, 0.5) is 5.82 Å². The predicted molar refractivity (Wildman–Crippen MR) is 55.4 cm³/mol. The zero-order valence-corrected chi connectivity index (χ0v) is 8.60. The molecule has 0 unspecified atom stereocenters. The maximum atomic E-state index is 5.18. The molecule has 0 saturated heterocycles. The molecule has 0 aromatic carbocycles. The topological polar surface area (TPSA) is 51.8 Å². The van der Waals surface area contributed by atoms with Gasteiger partial charge in [0.2, 0.25) is 0 Å². The van der Waals surface area contributed by atoms with Gasteiger partial charge in [-0.15, -0.1) is 54.7 Å². The van der Waals surface area contributed by atoms with Gasteiger partial charge in [-0.1, -0.05) is 0 Å². The summed E-state index contributed by atoms with van der Waals surface area (Å²) < 4.78 is 0. The summed E-state index contributed by atoms with van der Waals surface area (Å²) in [6.45, 7) is 0. The first-order valence-corrected chi connectivity index (χ1v) is 1.93. The number of nitrogen functional groups attached to an aromatic ring is 1. The van der Waals surface area contributed by atoms with Crippen LogP contribution in [0.2, 0.25) is 0 Å². The molecule has 1 rings (SSSR count). The molecule has 1 aromatic rings. The van der Waals surface area contributed by atoms with Crippen LogP contribution >= 0.6 is 49.6 Å². The quantitative estimate of drug-likeness (QED) is 0.752. The average Bonchev–Trinajstić information content (AvgIpc) is 1.69. The predicted octanol–water partition coefficient (Wildman–Crippen LogP) is 1.75. The van der Waals surface area contributed by atoms with E-state index in [9.17, 15) is 0 Å². The molecule has 0 aliphatic carbocycles. The first-order valence-electron chi connectivity index (χ1n) is 1.93. The van der Waals surface area contributed by atoms with Gasteiger partial charge < -0.3 is 5.73 Å². The Balaban J connectivity index is -0.0000000612. The van der Waals surface area contributed by atoms with Gasteiger partial charge in [0.1, 0.15) is 5.82 Å². The Bertz CT molecular complexity index is 147. The molecule has 2 N–H and O–H groups in total. The molecule has 7 heteroatoms. The monoisotopic (exact) mass is 239 g/mol. The van der Waals surface area contributed by atoms with Crippen LogP contribution in [0.15, 0.2) is 18.3 Å². The Kier molecular flexibility index (Phi) is 25.9. The van der Waals surface area contributed by atoms with Crippen LogP contribution in [0.5, 0.6) is 0 Å². The smallest absolute Gasteiger partial charge is 0.146 e. The van der Waals surface area contributed by atoms with Gasteiger partial charge >= 0.3 is 0 Å². The normalized spacial score (nSPS) is 5.45. The molecule has 0 aliphatic heterocycles. The Hall–Kier alpha value is 0.0400. The molecule has 68 valence electrons. The van der Waals surface area contributed by atoms with Crippen molar-refractivity contribution in [3.05, 3.63) is 18.3 Å². The summed E-state index contributed by atoms with van der Waals surface area (Å²) in [6.07, 6.45) is 1.58. The van der Waals surface area contributed by atoms with Crippen molar-refractivity contribution >= 4 is 55.4 Å². The zero-order chi connectivity index (χ0) is 5.11. The molecule has 1 heterocycles. The first kappa shape index (κ1) is 22.5. The molecule has 0 atom stereocenters. The summed E-state index contributed by atoms with van der Waals surface area (Å²) in [5.74, 6) is 0.461. The number of nitrogens with zero attached hydrogens (tertiary/aromatic N) is 2. The van der Waals surface area contributed by atoms with E-state index in [0.717, 1.165) is 0 Å². The summed E-state index contributed by atoms with van der Waals surface area (Å²) in [5.41, 5.74) is 5.18. The van der Waals surface area contributed by atoms with Gasteiger partial charge in [0.25, 0.3) is 0 Å². The summed E-state index contributed by atoms with van der Waals surface area (Å²) >= 11 is 0. The van der Waals surface area contributed by atoms with Crippen molar-refractivity contribution < 1.29 is 0 Å². The number of anilines is 1. The van der Waals surface area contributed by atoms with E-state index in [2.05, 4.69) is 10.2 Å². The van der Waals surface area contributed by atoms with Crippen molar-refractivity contribution in [2.75, 3.05) is 5.73 Å².